The molecule has 1 saturated carbocycles. The summed E-state index contributed by atoms with van der Waals surface area (Å²) in [5.74, 6) is 0.814. The van der Waals surface area contributed by atoms with E-state index < -0.39 is 0 Å². The van der Waals surface area contributed by atoms with E-state index in [-0.39, 0.29) is 47.3 Å². The Bertz CT molecular complexity index is 1480. The van der Waals surface area contributed by atoms with E-state index in [1.54, 1.807) is 23.1 Å². The predicted molar refractivity (Wildman–Crippen MR) is 173 cm³/mol. The van der Waals surface area contributed by atoms with Crippen LogP contribution in [0.4, 0.5) is 10.5 Å². The third kappa shape index (κ3) is 6.61. The number of amides is 4. The Morgan fingerprint density at radius 2 is 1.89 bits per heavy atom. The zero-order chi connectivity index (χ0) is 30.8. The highest BCUT2D eigenvalue weighted by molar-refractivity contribution is 8.04. The fraction of sp³-hybridized carbons (Fsp3) is 0.406. The lowest BCUT2D eigenvalue weighted by Gasteiger charge is -2.45. The Labute approximate surface area is 266 Å². The molecule has 1 aliphatic carbocycles. The lowest BCUT2D eigenvalue weighted by atomic mass is 9.86. The van der Waals surface area contributed by atoms with Crippen LogP contribution < -0.4 is 30.9 Å². The molecule has 12 heteroatoms. The number of nitrogens with one attached hydrogen (secondary N) is 4. The highest BCUT2D eigenvalue weighted by Crippen LogP contribution is 2.48. The molecule has 0 spiro atoms. The van der Waals surface area contributed by atoms with Gasteiger partial charge in [0.15, 0.2) is 0 Å². The van der Waals surface area contributed by atoms with Crippen molar-refractivity contribution in [3.05, 3.63) is 76.3 Å². The number of benzene rings is 2. The van der Waals surface area contributed by atoms with Crippen LogP contribution in [0.25, 0.3) is 0 Å². The number of piperidine rings is 1. The molecular formula is C32H37ClN6O4S. The number of thioether (sulfide) groups is 1. The van der Waals surface area contributed by atoms with Crippen LogP contribution in [-0.4, -0.2) is 73.4 Å². The lowest BCUT2D eigenvalue weighted by molar-refractivity contribution is -0.117. The molecule has 0 bridgehead atoms. The number of hydrogen-bond donors (Lipinski definition) is 4. The fourth-order valence-corrected chi connectivity index (χ4v) is 7.99. The summed E-state index contributed by atoms with van der Waals surface area (Å²) in [5.41, 5.74) is 1.36. The molecule has 10 nitrogen and oxygen atoms in total. The molecule has 4 N–H and O–H groups in total. The molecule has 3 heterocycles. The molecule has 3 unspecified atom stereocenters. The molecule has 232 valence electrons. The molecule has 0 radical (unpaired) electrons. The summed E-state index contributed by atoms with van der Waals surface area (Å²) in [6.07, 6.45) is 6.39. The Balaban J connectivity index is 1.12. The molecule has 0 aromatic heterocycles. The predicted octanol–water partition coefficient (Wildman–Crippen LogP) is 4.20. The van der Waals surface area contributed by atoms with Gasteiger partial charge in [0.1, 0.15) is 11.5 Å². The maximum Gasteiger partial charge on any atom is 0.326 e. The number of rotatable bonds is 9. The maximum absolute atomic E-state index is 13.6. The Hall–Kier alpha value is -3.51. The standard InChI is InChI=1S/C32H37ClN6O4S/c1-38(2)16-6-9-26(40)35-19-10-11-20(17-19)36-30(41)29-28-27-24(14-15-34-31(27)44-29)39(32(42)37-28)21-12-13-25(23(33)18-21)43-22-7-4-3-5-8-22/h3-9,12-13,18-20,24,27,31,34H,10-11,14-17H2,1-2H3,(H,35,40)(H,36,41)(H,37,42)/b9-6+/t19-,20+,24?,27?,31?/m1/s1. The van der Waals surface area contributed by atoms with Gasteiger partial charge >= 0.3 is 6.03 Å². The molecule has 3 fully saturated rings. The van der Waals surface area contributed by atoms with Gasteiger partial charge in [0.25, 0.3) is 5.91 Å². The number of para-hydroxylation sites is 1. The number of carbonyl (C=O) groups is 3. The molecular weight excluding hydrogens is 600 g/mol. The summed E-state index contributed by atoms with van der Waals surface area (Å²) in [6.45, 7) is 1.42. The third-order valence-electron chi connectivity index (χ3n) is 8.37. The first-order valence-corrected chi connectivity index (χ1v) is 16.2. The first-order chi connectivity index (χ1) is 21.3. The van der Waals surface area contributed by atoms with Gasteiger partial charge in [-0.3, -0.25) is 14.5 Å². The molecule has 6 rings (SSSR count). The third-order valence-corrected chi connectivity index (χ3v) is 10.0. The van der Waals surface area contributed by atoms with Crippen molar-refractivity contribution in [2.45, 2.75) is 49.2 Å². The first kappa shape index (κ1) is 30.5. The van der Waals surface area contributed by atoms with E-state index >= 15 is 0 Å². The molecule has 44 heavy (non-hydrogen) atoms. The van der Waals surface area contributed by atoms with Gasteiger partial charge in [0.2, 0.25) is 5.91 Å². The SMILES string of the molecule is CN(C)C/C=C/C(=O)N[C@@H]1CC[C@H](NC(=O)C2=C3NC(=O)N(c4ccc(Oc5ccccc5)c(Cl)c4)C4CCNC(S2)C34)C1. The van der Waals surface area contributed by atoms with Crippen molar-refractivity contribution in [2.75, 3.05) is 32.1 Å². The number of anilines is 1. The fourth-order valence-electron chi connectivity index (χ4n) is 6.38. The van der Waals surface area contributed by atoms with E-state index in [1.165, 1.54) is 11.8 Å². The van der Waals surface area contributed by atoms with Crippen LogP contribution in [0.15, 0.2) is 71.3 Å². The Morgan fingerprint density at radius 3 is 2.64 bits per heavy atom. The van der Waals surface area contributed by atoms with Gasteiger partial charge in [-0.25, -0.2) is 4.79 Å². The summed E-state index contributed by atoms with van der Waals surface area (Å²) < 4.78 is 5.93. The highest BCUT2D eigenvalue weighted by atomic mass is 35.5. The molecule has 4 aliphatic rings. The number of nitrogens with zero attached hydrogens (tertiary/aromatic N) is 2. The van der Waals surface area contributed by atoms with Gasteiger partial charge in [0, 0.05) is 42.0 Å². The summed E-state index contributed by atoms with van der Waals surface area (Å²) in [5, 5.41) is 13.2. The zero-order valence-corrected chi connectivity index (χ0v) is 26.3. The number of hydrogen-bond acceptors (Lipinski definition) is 7. The van der Waals surface area contributed by atoms with Gasteiger partial charge in [-0.1, -0.05) is 47.6 Å². The largest absolute Gasteiger partial charge is 0.456 e. The summed E-state index contributed by atoms with van der Waals surface area (Å²) in [4.78, 5) is 43.7. The molecule has 4 amide bonds. The summed E-state index contributed by atoms with van der Waals surface area (Å²) in [7, 11) is 3.89. The number of ether oxygens (including phenoxy) is 1. The van der Waals surface area contributed by atoms with Gasteiger partial charge in [-0.15, -0.1) is 0 Å². The molecule has 5 atom stereocenters. The maximum atomic E-state index is 13.6. The van der Waals surface area contributed by atoms with Crippen molar-refractivity contribution in [3.8, 4) is 11.5 Å². The lowest BCUT2D eigenvalue weighted by Crippen LogP contribution is -2.62. The Kier molecular flexibility index (Phi) is 9.18. The highest BCUT2D eigenvalue weighted by Gasteiger charge is 2.52. The summed E-state index contributed by atoms with van der Waals surface area (Å²) in [6, 6.07) is 14.3. The van der Waals surface area contributed by atoms with E-state index in [1.807, 2.05) is 61.5 Å². The topological polar surface area (TPSA) is 115 Å². The monoisotopic (exact) mass is 636 g/mol. The number of likely N-dealkylation sites (N-methyl/N-ethyl adjacent to an activating group) is 1. The van der Waals surface area contributed by atoms with E-state index in [9.17, 15) is 14.4 Å². The normalized spacial score (nSPS) is 26.1. The average molecular weight is 637 g/mol. The van der Waals surface area contributed by atoms with Gasteiger partial charge in [-0.2, -0.15) is 0 Å². The van der Waals surface area contributed by atoms with Crippen molar-refractivity contribution in [1.29, 1.82) is 0 Å². The second kappa shape index (κ2) is 13.2. The van der Waals surface area contributed by atoms with E-state index in [2.05, 4.69) is 21.3 Å². The van der Waals surface area contributed by atoms with Gasteiger partial charge < -0.3 is 30.9 Å². The van der Waals surface area contributed by atoms with Crippen molar-refractivity contribution >= 4 is 46.9 Å². The molecule has 2 aromatic rings. The van der Waals surface area contributed by atoms with Crippen molar-refractivity contribution in [3.63, 3.8) is 0 Å². The van der Waals surface area contributed by atoms with Crippen LogP contribution in [0, 0.1) is 5.92 Å². The quantitative estimate of drug-likeness (QED) is 0.305. The van der Waals surface area contributed by atoms with Crippen LogP contribution in [-0.2, 0) is 9.59 Å². The first-order valence-electron chi connectivity index (χ1n) is 15.0. The van der Waals surface area contributed by atoms with Crippen molar-refractivity contribution < 1.29 is 19.1 Å². The van der Waals surface area contributed by atoms with Crippen LogP contribution in [0.1, 0.15) is 25.7 Å². The van der Waals surface area contributed by atoms with Crippen LogP contribution in [0.3, 0.4) is 0 Å². The second-order valence-electron chi connectivity index (χ2n) is 11.8. The minimum Gasteiger partial charge on any atom is -0.456 e. The molecule has 2 saturated heterocycles. The molecule has 3 aliphatic heterocycles. The van der Waals surface area contributed by atoms with E-state index in [0.29, 0.717) is 45.8 Å². The zero-order valence-electron chi connectivity index (χ0n) is 24.7. The van der Waals surface area contributed by atoms with Crippen LogP contribution >= 0.6 is 23.4 Å². The van der Waals surface area contributed by atoms with Crippen LogP contribution in [0.5, 0.6) is 11.5 Å². The van der Waals surface area contributed by atoms with Crippen molar-refractivity contribution in [1.82, 2.24) is 26.2 Å². The number of urea groups is 1. The minimum atomic E-state index is -0.284. The van der Waals surface area contributed by atoms with E-state index in [0.717, 1.165) is 25.8 Å². The van der Waals surface area contributed by atoms with Gasteiger partial charge in [0.05, 0.1) is 21.3 Å². The summed E-state index contributed by atoms with van der Waals surface area (Å²) >= 11 is 8.10. The minimum absolute atomic E-state index is 0.0126. The van der Waals surface area contributed by atoms with Gasteiger partial charge in [-0.05, 0) is 76.7 Å². The number of halogens is 1. The van der Waals surface area contributed by atoms with Crippen LogP contribution in [0.2, 0.25) is 5.02 Å². The Morgan fingerprint density at radius 1 is 1.11 bits per heavy atom. The second-order valence-corrected chi connectivity index (χ2v) is 13.4. The van der Waals surface area contributed by atoms with E-state index in [4.69, 9.17) is 16.3 Å². The van der Waals surface area contributed by atoms with Crippen molar-refractivity contribution in [2.24, 2.45) is 5.92 Å². The molecule has 2 aromatic carbocycles. The average Bonchev–Trinajstić information content (AvgIpc) is 3.59. The smallest absolute Gasteiger partial charge is 0.326 e. The number of carbonyl (C=O) groups excluding carboxylic acids is 3.